The van der Waals surface area contributed by atoms with Crippen LogP contribution in [0.2, 0.25) is 0 Å². The maximum absolute atomic E-state index is 12.6. The molecule has 1 heterocycles. The van der Waals surface area contributed by atoms with Crippen LogP contribution in [0, 0.1) is 5.41 Å². The highest BCUT2D eigenvalue weighted by Gasteiger charge is 2.33. The van der Waals surface area contributed by atoms with Crippen LogP contribution < -0.4 is 10.6 Å². The minimum Gasteiger partial charge on any atom is -0.357 e. The van der Waals surface area contributed by atoms with E-state index in [0.717, 1.165) is 29.8 Å². The highest BCUT2D eigenvalue weighted by atomic mass is 127. The third-order valence-electron chi connectivity index (χ3n) is 3.23. The zero-order valence-electron chi connectivity index (χ0n) is 15.9. The Morgan fingerprint density at radius 3 is 2.42 bits per heavy atom. The van der Waals surface area contributed by atoms with Gasteiger partial charge in [-0.15, -0.1) is 35.3 Å². The third kappa shape index (κ3) is 9.91. The number of hydrogen-bond donors (Lipinski definition) is 2. The number of aromatic nitrogens is 1. The lowest BCUT2D eigenvalue weighted by atomic mass is 9.93. The molecule has 5 nitrogen and oxygen atoms in total. The first-order chi connectivity index (χ1) is 11.5. The van der Waals surface area contributed by atoms with E-state index in [4.69, 9.17) is 0 Å². The van der Waals surface area contributed by atoms with E-state index in [2.05, 4.69) is 39.4 Å². The first-order valence-corrected chi connectivity index (χ1v) is 9.10. The van der Waals surface area contributed by atoms with Crippen LogP contribution in [0.3, 0.4) is 0 Å². The Balaban J connectivity index is 0.00000625. The van der Waals surface area contributed by atoms with Crippen molar-refractivity contribution in [3.05, 3.63) is 16.1 Å². The number of alkyl halides is 3. The molecule has 0 saturated heterocycles. The normalized spacial score (nSPS) is 12.9. The lowest BCUT2D eigenvalue weighted by molar-refractivity contribution is -0.140. The van der Waals surface area contributed by atoms with E-state index in [1.54, 1.807) is 0 Å². The van der Waals surface area contributed by atoms with E-state index in [1.807, 2.05) is 21.0 Å². The van der Waals surface area contributed by atoms with Crippen molar-refractivity contribution in [2.24, 2.45) is 10.4 Å². The lowest BCUT2D eigenvalue weighted by Gasteiger charge is -2.26. The van der Waals surface area contributed by atoms with Gasteiger partial charge >= 0.3 is 6.18 Å². The summed E-state index contributed by atoms with van der Waals surface area (Å²) < 4.78 is 37.7. The fourth-order valence-corrected chi connectivity index (χ4v) is 3.19. The molecule has 0 fully saturated rings. The van der Waals surface area contributed by atoms with Gasteiger partial charge in [-0.2, -0.15) is 13.2 Å². The van der Waals surface area contributed by atoms with Crippen LogP contribution in [0.5, 0.6) is 0 Å². The van der Waals surface area contributed by atoms with Gasteiger partial charge in [0, 0.05) is 38.0 Å². The highest BCUT2D eigenvalue weighted by Crippen LogP contribution is 2.30. The molecule has 0 spiro atoms. The second kappa shape index (κ2) is 11.3. The zero-order chi connectivity index (χ0) is 19.1. The molecule has 0 aliphatic heterocycles. The summed E-state index contributed by atoms with van der Waals surface area (Å²) in [6.07, 6.45) is -3.96. The Kier molecular flexibility index (Phi) is 11.0. The van der Waals surface area contributed by atoms with Crippen LogP contribution >= 0.6 is 35.3 Å². The summed E-state index contributed by atoms with van der Waals surface area (Å²) in [5.74, 6) is 0.668. The molecular formula is C16H29F3IN5S. The second-order valence-electron chi connectivity index (χ2n) is 6.90. The molecule has 152 valence electrons. The Morgan fingerprint density at radius 1 is 1.27 bits per heavy atom. The van der Waals surface area contributed by atoms with Crippen molar-refractivity contribution in [1.29, 1.82) is 0 Å². The van der Waals surface area contributed by atoms with Crippen molar-refractivity contribution in [2.75, 3.05) is 40.3 Å². The molecule has 0 aromatic carbocycles. The van der Waals surface area contributed by atoms with Gasteiger partial charge in [-0.1, -0.05) is 13.8 Å². The Hall–Kier alpha value is -0.620. The summed E-state index contributed by atoms with van der Waals surface area (Å²) in [7, 11) is 4.05. The zero-order valence-corrected chi connectivity index (χ0v) is 19.1. The summed E-state index contributed by atoms with van der Waals surface area (Å²) in [6.45, 7) is 9.02. The molecule has 0 unspecified atom stereocenters. The van der Waals surface area contributed by atoms with Gasteiger partial charge in [0.05, 0.1) is 5.01 Å². The van der Waals surface area contributed by atoms with Crippen molar-refractivity contribution >= 4 is 41.3 Å². The molecule has 1 aromatic heterocycles. The van der Waals surface area contributed by atoms with E-state index >= 15 is 0 Å². The van der Waals surface area contributed by atoms with E-state index in [0.29, 0.717) is 30.5 Å². The summed E-state index contributed by atoms with van der Waals surface area (Å²) in [5, 5.41) is 7.82. The van der Waals surface area contributed by atoms with Gasteiger partial charge in [0.1, 0.15) is 0 Å². The van der Waals surface area contributed by atoms with Crippen LogP contribution in [-0.4, -0.2) is 56.1 Å². The van der Waals surface area contributed by atoms with Crippen LogP contribution in [0.1, 0.15) is 31.5 Å². The molecule has 1 rings (SSSR count). The number of thiazole rings is 1. The number of aliphatic imine (C=N–C) groups is 1. The Bertz CT molecular complexity index is 558. The molecule has 10 heteroatoms. The van der Waals surface area contributed by atoms with E-state index in [1.165, 1.54) is 0 Å². The predicted molar refractivity (Wildman–Crippen MR) is 113 cm³/mol. The fraction of sp³-hybridized carbons (Fsp3) is 0.750. The van der Waals surface area contributed by atoms with Crippen LogP contribution in [-0.2, 0) is 12.6 Å². The van der Waals surface area contributed by atoms with E-state index in [-0.39, 0.29) is 29.4 Å². The van der Waals surface area contributed by atoms with Gasteiger partial charge in [0.2, 0.25) is 0 Å². The summed E-state index contributed by atoms with van der Waals surface area (Å²) in [6, 6.07) is 0. The first-order valence-electron chi connectivity index (χ1n) is 8.22. The van der Waals surface area contributed by atoms with Gasteiger partial charge in [-0.3, -0.25) is 4.99 Å². The summed E-state index contributed by atoms with van der Waals surface area (Å²) in [4.78, 5) is 10.3. The number of rotatable bonds is 8. The first kappa shape index (κ1) is 25.4. The summed E-state index contributed by atoms with van der Waals surface area (Å²) in [5.41, 5.74) is -0.790. The van der Waals surface area contributed by atoms with E-state index in [9.17, 15) is 13.2 Å². The van der Waals surface area contributed by atoms with Crippen LogP contribution in [0.4, 0.5) is 13.2 Å². The molecule has 0 saturated carbocycles. The average Bonchev–Trinajstić information content (AvgIpc) is 2.92. The van der Waals surface area contributed by atoms with Gasteiger partial charge in [0.15, 0.2) is 11.7 Å². The summed E-state index contributed by atoms with van der Waals surface area (Å²) >= 11 is 1.03. The topological polar surface area (TPSA) is 52.6 Å². The average molecular weight is 507 g/mol. The fourth-order valence-electron chi connectivity index (χ4n) is 2.38. The van der Waals surface area contributed by atoms with Crippen molar-refractivity contribution in [3.8, 4) is 0 Å². The largest absolute Gasteiger partial charge is 0.434 e. The SMILES string of the molecule is CCNC(=NCC(C)(C)CN(C)C)NCCc1nc(C(F)(F)F)cs1.I. The van der Waals surface area contributed by atoms with Gasteiger partial charge in [-0.25, -0.2) is 4.98 Å². The highest BCUT2D eigenvalue weighted by molar-refractivity contribution is 14.0. The number of hydrogen-bond acceptors (Lipinski definition) is 4. The van der Waals surface area contributed by atoms with Crippen LogP contribution in [0.15, 0.2) is 10.4 Å². The molecule has 0 aliphatic carbocycles. The maximum atomic E-state index is 12.6. The van der Waals surface area contributed by atoms with Gasteiger partial charge in [0.25, 0.3) is 0 Å². The van der Waals surface area contributed by atoms with Gasteiger partial charge in [-0.05, 0) is 26.4 Å². The number of halogens is 4. The molecular weight excluding hydrogens is 478 g/mol. The molecule has 0 radical (unpaired) electrons. The molecule has 0 amide bonds. The maximum Gasteiger partial charge on any atom is 0.434 e. The molecule has 1 aromatic rings. The molecule has 26 heavy (non-hydrogen) atoms. The molecule has 0 aliphatic rings. The number of nitrogens with zero attached hydrogens (tertiary/aromatic N) is 3. The van der Waals surface area contributed by atoms with Gasteiger partial charge < -0.3 is 15.5 Å². The predicted octanol–water partition coefficient (Wildman–Crippen LogP) is 3.47. The quantitative estimate of drug-likeness (QED) is 0.322. The number of guanidine groups is 1. The minimum absolute atomic E-state index is 0. The molecule has 0 atom stereocenters. The monoisotopic (exact) mass is 507 g/mol. The number of nitrogens with one attached hydrogen (secondary N) is 2. The van der Waals surface area contributed by atoms with Crippen LogP contribution in [0.25, 0.3) is 0 Å². The third-order valence-corrected chi connectivity index (χ3v) is 4.14. The van der Waals surface area contributed by atoms with Crippen molar-refractivity contribution in [3.63, 3.8) is 0 Å². The second-order valence-corrected chi connectivity index (χ2v) is 7.84. The standard InChI is InChI=1S/C16H28F3N5S.HI/c1-6-20-14(22-10-15(2,3)11-24(4)5)21-8-7-13-23-12(9-25-13)16(17,18)19;/h9H,6-8,10-11H2,1-5H3,(H2,20,21,22);1H. The molecule has 0 bridgehead atoms. The van der Waals surface area contributed by atoms with Crippen molar-refractivity contribution < 1.29 is 13.2 Å². The smallest absolute Gasteiger partial charge is 0.357 e. The minimum atomic E-state index is -4.38. The Labute approximate surface area is 174 Å². The van der Waals surface area contributed by atoms with Crippen molar-refractivity contribution in [2.45, 2.75) is 33.4 Å². The Morgan fingerprint density at radius 2 is 1.92 bits per heavy atom. The van der Waals surface area contributed by atoms with E-state index < -0.39 is 11.9 Å². The lowest BCUT2D eigenvalue weighted by Crippen LogP contribution is -2.40. The van der Waals surface area contributed by atoms with Crippen molar-refractivity contribution in [1.82, 2.24) is 20.5 Å². The molecule has 2 N–H and O–H groups in total.